The third-order valence-corrected chi connectivity index (χ3v) is 4.54. The highest BCUT2D eigenvalue weighted by Crippen LogP contribution is 2.31. The van der Waals surface area contributed by atoms with Crippen LogP contribution >= 0.6 is 0 Å². The number of hydrogen-bond donors (Lipinski definition) is 0. The fraction of sp³-hybridized carbons (Fsp3) is 0. The smallest absolute Gasteiger partial charge is 0.336 e. The topological polar surface area (TPSA) is 60.4 Å². The second-order valence-corrected chi connectivity index (χ2v) is 6.09. The van der Waals surface area contributed by atoms with Crippen LogP contribution < -0.4 is 11.1 Å². The van der Waals surface area contributed by atoms with Crippen LogP contribution in [0.5, 0.6) is 0 Å². The molecule has 0 spiro atoms. The van der Waals surface area contributed by atoms with Crippen molar-refractivity contribution in [2.45, 2.75) is 0 Å². The van der Waals surface area contributed by atoms with Crippen molar-refractivity contribution in [1.29, 1.82) is 0 Å². The van der Waals surface area contributed by atoms with E-state index in [2.05, 4.69) is 0 Å². The highest BCUT2D eigenvalue weighted by atomic mass is 16.4. The van der Waals surface area contributed by atoms with Gasteiger partial charge in [-0.2, -0.15) is 0 Å². The van der Waals surface area contributed by atoms with Crippen LogP contribution in [-0.2, 0) is 0 Å². The van der Waals surface area contributed by atoms with Crippen molar-refractivity contribution in [2.24, 2.45) is 0 Å². The van der Waals surface area contributed by atoms with Gasteiger partial charge < -0.3 is 8.83 Å². The molecule has 0 aliphatic heterocycles. The van der Waals surface area contributed by atoms with Crippen LogP contribution in [0.4, 0.5) is 0 Å². The van der Waals surface area contributed by atoms with E-state index in [9.17, 15) is 9.59 Å². The number of fused-ring (bicyclic) bond motifs is 4. The van der Waals surface area contributed by atoms with E-state index >= 15 is 0 Å². The van der Waals surface area contributed by atoms with Gasteiger partial charge in [0.15, 0.2) is 5.58 Å². The summed E-state index contributed by atoms with van der Waals surface area (Å²) in [5.41, 5.74) is 2.06. The normalized spacial score (nSPS) is 11.4. The number of rotatable bonds is 1. The maximum absolute atomic E-state index is 13.0. The van der Waals surface area contributed by atoms with Gasteiger partial charge in [0.25, 0.3) is 0 Å². The fourth-order valence-electron chi connectivity index (χ4n) is 3.36. The first-order chi connectivity index (χ1) is 12.7. The standard InChI is InChI=1S/C22H12O4/c23-19-12-16(13-6-2-1-3-7-13)14-10-11-18-20(22(14)26-19)21(24)15-8-4-5-9-17(15)25-18/h1-12H. The molecule has 2 aromatic heterocycles. The minimum atomic E-state index is -0.503. The summed E-state index contributed by atoms with van der Waals surface area (Å²) in [6.07, 6.45) is 0. The summed E-state index contributed by atoms with van der Waals surface area (Å²) in [5, 5.41) is 1.45. The monoisotopic (exact) mass is 340 g/mol. The molecule has 0 bridgehead atoms. The molecule has 0 amide bonds. The molecular formula is C22H12O4. The molecule has 3 aromatic carbocycles. The summed E-state index contributed by atoms with van der Waals surface area (Å²) >= 11 is 0. The molecule has 5 aromatic rings. The lowest BCUT2D eigenvalue weighted by Gasteiger charge is -2.08. The van der Waals surface area contributed by atoms with Crippen LogP contribution in [0.15, 0.2) is 91.2 Å². The van der Waals surface area contributed by atoms with Gasteiger partial charge in [-0.05, 0) is 35.4 Å². The fourth-order valence-corrected chi connectivity index (χ4v) is 3.36. The highest BCUT2D eigenvalue weighted by Gasteiger charge is 2.16. The molecule has 4 nitrogen and oxygen atoms in total. The van der Waals surface area contributed by atoms with Gasteiger partial charge in [-0.15, -0.1) is 0 Å². The van der Waals surface area contributed by atoms with E-state index in [1.54, 1.807) is 24.3 Å². The Kier molecular flexibility index (Phi) is 3.06. The second kappa shape index (κ2) is 5.43. The van der Waals surface area contributed by atoms with Gasteiger partial charge >= 0.3 is 5.63 Å². The molecule has 0 saturated heterocycles. The first-order valence-electron chi connectivity index (χ1n) is 8.20. The van der Waals surface area contributed by atoms with E-state index in [1.165, 1.54) is 6.07 Å². The Balaban J connectivity index is 2.01. The third-order valence-electron chi connectivity index (χ3n) is 4.54. The van der Waals surface area contributed by atoms with Gasteiger partial charge in [0.05, 0.1) is 5.39 Å². The molecule has 4 heteroatoms. The molecule has 0 aliphatic rings. The summed E-state index contributed by atoms with van der Waals surface area (Å²) in [5.74, 6) is 0. The van der Waals surface area contributed by atoms with Crippen molar-refractivity contribution >= 4 is 32.9 Å². The first-order valence-corrected chi connectivity index (χ1v) is 8.20. The molecule has 0 atom stereocenters. The third kappa shape index (κ3) is 2.09. The molecule has 0 N–H and O–H groups in total. The van der Waals surface area contributed by atoms with Crippen LogP contribution in [0, 0.1) is 0 Å². The van der Waals surface area contributed by atoms with Gasteiger partial charge in [0.1, 0.15) is 16.6 Å². The van der Waals surface area contributed by atoms with Crippen molar-refractivity contribution in [1.82, 2.24) is 0 Å². The average molecular weight is 340 g/mol. The predicted octanol–water partition coefficient (Wildman–Crippen LogP) is 4.72. The molecule has 0 fully saturated rings. The van der Waals surface area contributed by atoms with Crippen LogP contribution in [0.2, 0.25) is 0 Å². The number of para-hydroxylation sites is 1. The van der Waals surface area contributed by atoms with E-state index in [4.69, 9.17) is 8.83 Å². The van der Waals surface area contributed by atoms with Crippen molar-refractivity contribution in [2.75, 3.05) is 0 Å². The van der Waals surface area contributed by atoms with Crippen LogP contribution in [0.1, 0.15) is 0 Å². The quantitative estimate of drug-likeness (QED) is 0.252. The molecule has 26 heavy (non-hydrogen) atoms. The van der Waals surface area contributed by atoms with E-state index in [0.717, 1.165) is 11.1 Å². The Bertz CT molecular complexity index is 1410. The van der Waals surface area contributed by atoms with Crippen molar-refractivity contribution in [3.05, 3.63) is 93.4 Å². The lowest BCUT2D eigenvalue weighted by Crippen LogP contribution is -2.05. The molecular weight excluding hydrogens is 328 g/mol. The van der Waals surface area contributed by atoms with Gasteiger partial charge in [-0.1, -0.05) is 42.5 Å². The van der Waals surface area contributed by atoms with Gasteiger partial charge in [-0.3, -0.25) is 4.79 Å². The Hall–Kier alpha value is -3.66. The minimum Gasteiger partial charge on any atom is -0.456 e. The van der Waals surface area contributed by atoms with Gasteiger partial charge in [0, 0.05) is 11.5 Å². The molecule has 5 rings (SSSR count). The van der Waals surface area contributed by atoms with Gasteiger partial charge in [0.2, 0.25) is 5.43 Å². The Morgan fingerprint density at radius 2 is 1.42 bits per heavy atom. The number of benzene rings is 3. The molecule has 2 heterocycles. The zero-order chi connectivity index (χ0) is 17.7. The largest absolute Gasteiger partial charge is 0.456 e. The van der Waals surface area contributed by atoms with Crippen LogP contribution in [0.25, 0.3) is 44.0 Å². The summed E-state index contributed by atoms with van der Waals surface area (Å²) in [7, 11) is 0. The zero-order valence-electron chi connectivity index (χ0n) is 13.6. The first kappa shape index (κ1) is 14.7. The molecule has 124 valence electrons. The van der Waals surface area contributed by atoms with E-state index in [1.807, 2.05) is 42.5 Å². The molecule has 0 saturated carbocycles. The number of hydrogen-bond acceptors (Lipinski definition) is 4. The summed E-state index contributed by atoms with van der Waals surface area (Å²) in [6, 6.07) is 21.6. The minimum absolute atomic E-state index is 0.208. The van der Waals surface area contributed by atoms with Crippen molar-refractivity contribution < 1.29 is 8.83 Å². The Morgan fingerprint density at radius 3 is 2.27 bits per heavy atom. The molecule has 0 unspecified atom stereocenters. The maximum atomic E-state index is 13.0. The maximum Gasteiger partial charge on any atom is 0.336 e. The Labute approximate surface area is 146 Å². The SMILES string of the molecule is O=c1cc(-c2ccccc2)c2ccc3oc4ccccc4c(=O)c3c2o1. The second-order valence-electron chi connectivity index (χ2n) is 6.09. The highest BCUT2D eigenvalue weighted by molar-refractivity contribution is 6.09. The molecule has 0 aliphatic carbocycles. The van der Waals surface area contributed by atoms with E-state index < -0.39 is 5.63 Å². The lowest BCUT2D eigenvalue weighted by molar-refractivity contribution is 0.563. The summed E-state index contributed by atoms with van der Waals surface area (Å²) in [6.45, 7) is 0. The van der Waals surface area contributed by atoms with Gasteiger partial charge in [-0.25, -0.2) is 4.79 Å². The average Bonchev–Trinajstić information content (AvgIpc) is 2.68. The lowest BCUT2D eigenvalue weighted by atomic mass is 10.00. The summed E-state index contributed by atoms with van der Waals surface area (Å²) in [4.78, 5) is 25.2. The summed E-state index contributed by atoms with van der Waals surface area (Å²) < 4.78 is 11.3. The van der Waals surface area contributed by atoms with Crippen molar-refractivity contribution in [3.63, 3.8) is 0 Å². The Morgan fingerprint density at radius 1 is 0.654 bits per heavy atom. The van der Waals surface area contributed by atoms with Crippen LogP contribution in [-0.4, -0.2) is 0 Å². The van der Waals surface area contributed by atoms with Crippen molar-refractivity contribution in [3.8, 4) is 11.1 Å². The molecule has 0 radical (unpaired) electrons. The predicted molar refractivity (Wildman–Crippen MR) is 101 cm³/mol. The van der Waals surface area contributed by atoms with E-state index in [-0.39, 0.29) is 16.4 Å². The zero-order valence-corrected chi connectivity index (χ0v) is 13.6. The van der Waals surface area contributed by atoms with Crippen LogP contribution in [0.3, 0.4) is 0 Å². The van der Waals surface area contributed by atoms with E-state index in [0.29, 0.717) is 21.9 Å².